The van der Waals surface area contributed by atoms with Gasteiger partial charge in [-0.1, -0.05) is 0 Å². The van der Waals surface area contributed by atoms with E-state index in [0.29, 0.717) is 25.4 Å². The first kappa shape index (κ1) is 21.0. The number of alkyl halides is 3. The number of guanidine groups is 1. The van der Waals surface area contributed by atoms with Gasteiger partial charge in [0.05, 0.1) is 25.8 Å². The summed E-state index contributed by atoms with van der Waals surface area (Å²) in [6, 6.07) is 9.00. The van der Waals surface area contributed by atoms with Crippen molar-refractivity contribution in [3.05, 3.63) is 47.9 Å². The van der Waals surface area contributed by atoms with Gasteiger partial charge in [-0.15, -0.1) is 13.2 Å². The van der Waals surface area contributed by atoms with E-state index < -0.39 is 6.36 Å². The molecule has 1 aromatic carbocycles. The third kappa shape index (κ3) is 6.40. The first-order valence-electron chi connectivity index (χ1n) is 9.11. The summed E-state index contributed by atoms with van der Waals surface area (Å²) in [6.07, 6.45) is -4.73. The van der Waals surface area contributed by atoms with Gasteiger partial charge >= 0.3 is 6.36 Å². The number of nitrogens with two attached hydrogens (primary N) is 1. The molecule has 1 fully saturated rings. The fourth-order valence-corrected chi connectivity index (χ4v) is 3.02. The Bertz CT molecular complexity index is 815. The molecule has 0 bridgehead atoms. The second-order valence-corrected chi connectivity index (χ2v) is 6.54. The van der Waals surface area contributed by atoms with E-state index >= 15 is 0 Å². The number of nitrogens with one attached hydrogen (secondary N) is 1. The summed E-state index contributed by atoms with van der Waals surface area (Å²) in [4.78, 5) is 6.62. The van der Waals surface area contributed by atoms with Crippen molar-refractivity contribution < 1.29 is 27.1 Å². The van der Waals surface area contributed by atoms with Crippen LogP contribution in [0.5, 0.6) is 5.75 Å². The van der Waals surface area contributed by atoms with Gasteiger partial charge in [-0.3, -0.25) is 9.89 Å². The first-order valence-corrected chi connectivity index (χ1v) is 9.11. The standard InChI is InChI=1S/C19H23F3N4O3/c1-13-2-7-17(28-13)16(26-8-10-27-11-9-26)12-24-18(23)25-14-3-5-15(6-4-14)29-19(20,21)22/h2-7,16H,8-12H2,1H3,(H3,23,24,25). The number of ether oxygens (including phenoxy) is 2. The van der Waals surface area contributed by atoms with E-state index in [1.807, 2.05) is 19.1 Å². The molecule has 2 heterocycles. The molecule has 0 saturated carbocycles. The molecule has 1 saturated heterocycles. The fraction of sp³-hybridized carbons (Fsp3) is 0.421. The van der Waals surface area contributed by atoms with Crippen LogP contribution in [-0.2, 0) is 4.74 Å². The van der Waals surface area contributed by atoms with E-state index in [0.717, 1.165) is 24.6 Å². The molecule has 3 rings (SSSR count). The Morgan fingerprint density at radius 1 is 1.21 bits per heavy atom. The smallest absolute Gasteiger partial charge is 0.465 e. The van der Waals surface area contributed by atoms with Gasteiger partial charge in [0.15, 0.2) is 5.96 Å². The molecule has 10 heteroatoms. The number of morpholine rings is 1. The number of hydrogen-bond donors (Lipinski definition) is 2. The average molecular weight is 412 g/mol. The largest absolute Gasteiger partial charge is 0.573 e. The highest BCUT2D eigenvalue weighted by Gasteiger charge is 2.31. The van der Waals surface area contributed by atoms with Crippen LogP contribution in [0.2, 0.25) is 0 Å². The van der Waals surface area contributed by atoms with E-state index in [-0.39, 0.29) is 17.8 Å². The van der Waals surface area contributed by atoms with Crippen molar-refractivity contribution in [3.63, 3.8) is 0 Å². The maximum atomic E-state index is 12.2. The van der Waals surface area contributed by atoms with E-state index in [2.05, 4.69) is 19.9 Å². The zero-order valence-corrected chi connectivity index (χ0v) is 15.9. The summed E-state index contributed by atoms with van der Waals surface area (Å²) in [5.41, 5.74) is 6.46. The molecular formula is C19H23F3N4O3. The molecule has 7 nitrogen and oxygen atoms in total. The Morgan fingerprint density at radius 2 is 1.90 bits per heavy atom. The Labute approximate surface area is 166 Å². The summed E-state index contributed by atoms with van der Waals surface area (Å²) < 4.78 is 51.7. The highest BCUT2D eigenvalue weighted by atomic mass is 19.4. The quantitative estimate of drug-likeness (QED) is 0.560. The molecule has 2 aromatic rings. The Morgan fingerprint density at radius 3 is 2.48 bits per heavy atom. The highest BCUT2D eigenvalue weighted by Crippen LogP contribution is 2.25. The van der Waals surface area contributed by atoms with Crippen LogP contribution >= 0.6 is 0 Å². The average Bonchev–Trinajstić information content (AvgIpc) is 3.09. The highest BCUT2D eigenvalue weighted by molar-refractivity contribution is 5.92. The molecule has 0 spiro atoms. The topological polar surface area (TPSA) is 85.2 Å². The van der Waals surface area contributed by atoms with Gasteiger partial charge < -0.3 is 24.9 Å². The number of nitrogens with zero attached hydrogens (tertiary/aromatic N) is 2. The van der Waals surface area contributed by atoms with Crippen molar-refractivity contribution in [1.29, 1.82) is 0 Å². The zero-order valence-electron chi connectivity index (χ0n) is 15.9. The molecule has 0 amide bonds. The molecule has 1 aromatic heterocycles. The number of aliphatic imine (C=N–C) groups is 1. The number of halogens is 3. The number of benzene rings is 1. The molecule has 0 radical (unpaired) electrons. The predicted octanol–water partition coefficient (Wildman–Crippen LogP) is 3.29. The first-order chi connectivity index (χ1) is 13.8. The van der Waals surface area contributed by atoms with Crippen molar-refractivity contribution >= 4 is 11.6 Å². The van der Waals surface area contributed by atoms with Crippen LogP contribution in [0.25, 0.3) is 0 Å². The van der Waals surface area contributed by atoms with Crippen molar-refractivity contribution in [2.24, 2.45) is 10.7 Å². The fourth-order valence-electron chi connectivity index (χ4n) is 3.02. The number of anilines is 1. The second-order valence-electron chi connectivity index (χ2n) is 6.54. The van der Waals surface area contributed by atoms with Crippen LogP contribution in [0, 0.1) is 6.92 Å². The second kappa shape index (κ2) is 9.19. The monoisotopic (exact) mass is 412 g/mol. The minimum absolute atomic E-state index is 0.0875. The van der Waals surface area contributed by atoms with E-state index in [4.69, 9.17) is 14.9 Å². The molecule has 3 N–H and O–H groups in total. The lowest BCUT2D eigenvalue weighted by molar-refractivity contribution is -0.274. The van der Waals surface area contributed by atoms with Gasteiger partial charge in [-0.2, -0.15) is 0 Å². The van der Waals surface area contributed by atoms with Crippen LogP contribution in [0.4, 0.5) is 18.9 Å². The lowest BCUT2D eigenvalue weighted by atomic mass is 10.1. The lowest BCUT2D eigenvalue weighted by Gasteiger charge is -2.32. The molecule has 1 aliphatic rings. The lowest BCUT2D eigenvalue weighted by Crippen LogP contribution is -2.40. The van der Waals surface area contributed by atoms with Gasteiger partial charge in [0.25, 0.3) is 0 Å². The van der Waals surface area contributed by atoms with Crippen LogP contribution in [0.1, 0.15) is 17.6 Å². The number of furan rings is 1. The molecule has 0 aliphatic carbocycles. The van der Waals surface area contributed by atoms with Gasteiger partial charge in [-0.25, -0.2) is 0 Å². The summed E-state index contributed by atoms with van der Waals surface area (Å²) in [6.45, 7) is 5.04. The maximum Gasteiger partial charge on any atom is 0.573 e. The van der Waals surface area contributed by atoms with Crippen LogP contribution in [0.3, 0.4) is 0 Å². The molecule has 1 aliphatic heterocycles. The summed E-state index contributed by atoms with van der Waals surface area (Å²) in [7, 11) is 0. The minimum atomic E-state index is -4.73. The summed E-state index contributed by atoms with van der Waals surface area (Å²) >= 11 is 0. The minimum Gasteiger partial charge on any atom is -0.465 e. The van der Waals surface area contributed by atoms with Crippen LogP contribution in [0.15, 0.2) is 45.8 Å². The van der Waals surface area contributed by atoms with E-state index in [1.165, 1.54) is 24.3 Å². The van der Waals surface area contributed by atoms with Crippen LogP contribution in [-0.4, -0.2) is 50.1 Å². The summed E-state index contributed by atoms with van der Waals surface area (Å²) in [5.74, 6) is 1.46. The van der Waals surface area contributed by atoms with E-state index in [1.54, 1.807) is 0 Å². The van der Waals surface area contributed by atoms with Gasteiger partial charge in [0.1, 0.15) is 17.3 Å². The van der Waals surface area contributed by atoms with Gasteiger partial charge in [0, 0.05) is 18.8 Å². The predicted molar refractivity (Wildman–Crippen MR) is 102 cm³/mol. The molecular weight excluding hydrogens is 389 g/mol. The molecule has 1 unspecified atom stereocenters. The summed E-state index contributed by atoms with van der Waals surface area (Å²) in [5, 5.41) is 2.86. The van der Waals surface area contributed by atoms with Crippen molar-refractivity contribution in [2.45, 2.75) is 19.3 Å². The Hall–Kier alpha value is -2.72. The van der Waals surface area contributed by atoms with Crippen LogP contribution < -0.4 is 15.8 Å². The number of rotatable bonds is 6. The van der Waals surface area contributed by atoms with E-state index in [9.17, 15) is 13.2 Å². The zero-order chi connectivity index (χ0) is 20.9. The molecule has 1 atom stereocenters. The maximum absolute atomic E-state index is 12.2. The van der Waals surface area contributed by atoms with Gasteiger partial charge in [-0.05, 0) is 43.3 Å². The Balaban J connectivity index is 1.64. The number of aryl methyl sites for hydroxylation is 1. The van der Waals surface area contributed by atoms with Gasteiger partial charge in [0.2, 0.25) is 0 Å². The van der Waals surface area contributed by atoms with Crippen molar-refractivity contribution in [3.8, 4) is 5.75 Å². The normalized spacial score (nSPS) is 17.2. The molecule has 29 heavy (non-hydrogen) atoms. The third-order valence-electron chi connectivity index (χ3n) is 4.37. The third-order valence-corrected chi connectivity index (χ3v) is 4.37. The SMILES string of the molecule is Cc1ccc(C(CN=C(N)Nc2ccc(OC(F)(F)F)cc2)N2CCOCC2)o1. The van der Waals surface area contributed by atoms with Crippen molar-refractivity contribution in [2.75, 3.05) is 38.2 Å². The molecule has 158 valence electrons. The van der Waals surface area contributed by atoms with Crippen molar-refractivity contribution in [1.82, 2.24) is 4.90 Å². The number of hydrogen-bond acceptors (Lipinski definition) is 5. The Kier molecular flexibility index (Phi) is 6.65.